The van der Waals surface area contributed by atoms with Gasteiger partial charge in [-0.3, -0.25) is 9.36 Å². The van der Waals surface area contributed by atoms with Crippen molar-refractivity contribution in [1.82, 2.24) is 4.57 Å². The van der Waals surface area contributed by atoms with E-state index in [-0.39, 0.29) is 5.91 Å². The first-order valence-electron chi connectivity index (χ1n) is 7.16. The number of oxazole rings is 1. The molecule has 1 aromatic heterocycles. The summed E-state index contributed by atoms with van der Waals surface area (Å²) >= 11 is 0. The van der Waals surface area contributed by atoms with Gasteiger partial charge in [0.2, 0.25) is 0 Å². The van der Waals surface area contributed by atoms with Gasteiger partial charge in [-0.1, -0.05) is 0 Å². The van der Waals surface area contributed by atoms with Crippen LogP contribution >= 0.6 is 0 Å². The van der Waals surface area contributed by atoms with Crippen molar-refractivity contribution >= 4 is 22.7 Å². The zero-order valence-electron chi connectivity index (χ0n) is 13.5. The summed E-state index contributed by atoms with van der Waals surface area (Å²) in [5, 5.41) is 2.78. The summed E-state index contributed by atoms with van der Waals surface area (Å²) in [5.74, 6) is 0.313. The number of amides is 1. The molecule has 2 aromatic carbocycles. The van der Waals surface area contributed by atoms with Gasteiger partial charge in [-0.15, -0.1) is 0 Å². The molecular formula is C17H16N2O5. The van der Waals surface area contributed by atoms with Crippen LogP contribution in [0, 0.1) is 0 Å². The predicted molar refractivity (Wildman–Crippen MR) is 89.0 cm³/mol. The summed E-state index contributed by atoms with van der Waals surface area (Å²) in [5.41, 5.74) is 1.90. The molecule has 0 bridgehead atoms. The number of methoxy groups -OCH3 is 2. The molecule has 0 fully saturated rings. The zero-order valence-corrected chi connectivity index (χ0v) is 13.5. The molecule has 1 heterocycles. The van der Waals surface area contributed by atoms with Gasteiger partial charge in [0, 0.05) is 18.7 Å². The highest BCUT2D eigenvalue weighted by molar-refractivity contribution is 6.06. The Morgan fingerprint density at radius 2 is 1.92 bits per heavy atom. The summed E-state index contributed by atoms with van der Waals surface area (Å²) in [4.78, 5) is 24.0. The van der Waals surface area contributed by atoms with E-state index in [4.69, 9.17) is 13.9 Å². The topological polar surface area (TPSA) is 82.7 Å². The number of benzene rings is 2. The van der Waals surface area contributed by atoms with Crippen LogP contribution < -0.4 is 20.5 Å². The standard InChI is InChI=1S/C17H16N2O5/c1-19-13-8-10(4-7-14(13)24-17(19)21)16(20)18-12-6-5-11(22-2)9-15(12)23-3/h4-9H,1-3H3,(H,18,20). The van der Waals surface area contributed by atoms with Crippen molar-refractivity contribution in [3.63, 3.8) is 0 Å². The van der Waals surface area contributed by atoms with Gasteiger partial charge in [-0.05, 0) is 30.3 Å². The largest absolute Gasteiger partial charge is 0.497 e. The monoisotopic (exact) mass is 328 g/mol. The number of aromatic nitrogens is 1. The number of aryl methyl sites for hydroxylation is 1. The molecule has 0 aliphatic carbocycles. The first kappa shape index (κ1) is 15.7. The van der Waals surface area contributed by atoms with Crippen molar-refractivity contribution < 1.29 is 18.7 Å². The highest BCUT2D eigenvalue weighted by Crippen LogP contribution is 2.29. The minimum Gasteiger partial charge on any atom is -0.497 e. The van der Waals surface area contributed by atoms with Crippen LogP contribution in [0.5, 0.6) is 11.5 Å². The predicted octanol–water partition coefficient (Wildman–Crippen LogP) is 2.40. The molecule has 0 saturated carbocycles. The molecule has 24 heavy (non-hydrogen) atoms. The SMILES string of the molecule is COc1ccc(NC(=O)c2ccc3oc(=O)n(C)c3c2)c(OC)c1. The van der Waals surface area contributed by atoms with Crippen LogP contribution in [0.15, 0.2) is 45.6 Å². The Labute approximate surface area is 137 Å². The first-order chi connectivity index (χ1) is 11.5. The molecule has 3 aromatic rings. The minimum absolute atomic E-state index is 0.325. The van der Waals surface area contributed by atoms with Crippen molar-refractivity contribution in [2.45, 2.75) is 0 Å². The number of fused-ring (bicyclic) bond motifs is 1. The lowest BCUT2D eigenvalue weighted by Crippen LogP contribution is -2.13. The Morgan fingerprint density at radius 3 is 2.62 bits per heavy atom. The van der Waals surface area contributed by atoms with E-state index in [1.807, 2.05) is 0 Å². The second-order valence-corrected chi connectivity index (χ2v) is 5.13. The summed E-state index contributed by atoms with van der Waals surface area (Å²) in [6.07, 6.45) is 0. The third-order valence-electron chi connectivity index (χ3n) is 3.71. The van der Waals surface area contributed by atoms with Gasteiger partial charge in [0.15, 0.2) is 5.58 Å². The molecule has 0 radical (unpaired) electrons. The Balaban J connectivity index is 1.92. The van der Waals surface area contributed by atoms with Crippen LogP contribution in [0.4, 0.5) is 5.69 Å². The van der Waals surface area contributed by atoms with Crippen molar-refractivity contribution in [3.8, 4) is 11.5 Å². The van der Waals surface area contributed by atoms with Gasteiger partial charge in [0.05, 0.1) is 25.4 Å². The highest BCUT2D eigenvalue weighted by Gasteiger charge is 2.13. The van der Waals surface area contributed by atoms with E-state index in [2.05, 4.69) is 5.32 Å². The summed E-state index contributed by atoms with van der Waals surface area (Å²) in [6.45, 7) is 0. The molecule has 1 N–H and O–H groups in total. The van der Waals surface area contributed by atoms with Gasteiger partial charge < -0.3 is 19.2 Å². The van der Waals surface area contributed by atoms with Crippen molar-refractivity contribution in [1.29, 1.82) is 0 Å². The van der Waals surface area contributed by atoms with Gasteiger partial charge in [-0.25, -0.2) is 4.79 Å². The van der Waals surface area contributed by atoms with Gasteiger partial charge in [0.25, 0.3) is 5.91 Å². The Morgan fingerprint density at radius 1 is 1.12 bits per heavy atom. The van der Waals surface area contributed by atoms with Crippen LogP contribution in [-0.4, -0.2) is 24.7 Å². The van der Waals surface area contributed by atoms with E-state index in [0.29, 0.717) is 33.8 Å². The number of anilines is 1. The number of rotatable bonds is 4. The molecule has 0 spiro atoms. The number of hydrogen-bond donors (Lipinski definition) is 1. The summed E-state index contributed by atoms with van der Waals surface area (Å²) in [6, 6.07) is 9.89. The molecule has 0 aliphatic rings. The van der Waals surface area contributed by atoms with Gasteiger partial charge in [0.1, 0.15) is 11.5 Å². The Hall–Kier alpha value is -3.22. The number of ether oxygens (including phenoxy) is 2. The lowest BCUT2D eigenvalue weighted by atomic mass is 10.2. The zero-order chi connectivity index (χ0) is 17.3. The van der Waals surface area contributed by atoms with Gasteiger partial charge >= 0.3 is 5.76 Å². The van der Waals surface area contributed by atoms with Gasteiger partial charge in [-0.2, -0.15) is 0 Å². The average Bonchev–Trinajstić information content (AvgIpc) is 2.89. The van der Waals surface area contributed by atoms with Crippen LogP contribution in [0.2, 0.25) is 0 Å². The summed E-state index contributed by atoms with van der Waals surface area (Å²) < 4.78 is 16.8. The molecular weight excluding hydrogens is 312 g/mol. The van der Waals surface area contributed by atoms with E-state index in [1.165, 1.54) is 11.7 Å². The second kappa shape index (κ2) is 6.11. The van der Waals surface area contributed by atoms with Crippen LogP contribution in [-0.2, 0) is 7.05 Å². The number of nitrogens with zero attached hydrogens (tertiary/aromatic N) is 1. The fourth-order valence-electron chi connectivity index (χ4n) is 2.36. The molecule has 3 rings (SSSR count). The molecule has 0 atom stereocenters. The van der Waals surface area contributed by atoms with E-state index in [9.17, 15) is 9.59 Å². The third kappa shape index (κ3) is 2.71. The molecule has 0 saturated heterocycles. The number of carbonyl (C=O) groups excluding carboxylic acids is 1. The maximum atomic E-state index is 12.5. The fourth-order valence-corrected chi connectivity index (χ4v) is 2.36. The molecule has 1 amide bonds. The highest BCUT2D eigenvalue weighted by atomic mass is 16.5. The normalized spacial score (nSPS) is 10.6. The first-order valence-corrected chi connectivity index (χ1v) is 7.16. The molecule has 124 valence electrons. The fraction of sp³-hybridized carbons (Fsp3) is 0.176. The van der Waals surface area contributed by atoms with Crippen LogP contribution in [0.3, 0.4) is 0 Å². The second-order valence-electron chi connectivity index (χ2n) is 5.13. The Kier molecular flexibility index (Phi) is 3.99. The Bertz CT molecular complexity index is 971. The summed E-state index contributed by atoms with van der Waals surface area (Å²) in [7, 11) is 4.65. The lowest BCUT2D eigenvalue weighted by Gasteiger charge is -2.11. The molecule has 7 nitrogen and oxygen atoms in total. The van der Waals surface area contributed by atoms with Crippen molar-refractivity contribution in [2.75, 3.05) is 19.5 Å². The third-order valence-corrected chi connectivity index (χ3v) is 3.71. The molecule has 0 aliphatic heterocycles. The van der Waals surface area contributed by atoms with Crippen LogP contribution in [0.1, 0.15) is 10.4 Å². The van der Waals surface area contributed by atoms with E-state index in [1.54, 1.807) is 50.6 Å². The maximum Gasteiger partial charge on any atom is 0.419 e. The lowest BCUT2D eigenvalue weighted by molar-refractivity contribution is 0.102. The van der Waals surface area contributed by atoms with E-state index < -0.39 is 5.76 Å². The molecule has 7 heteroatoms. The average molecular weight is 328 g/mol. The maximum absolute atomic E-state index is 12.5. The van der Waals surface area contributed by atoms with E-state index >= 15 is 0 Å². The van der Waals surface area contributed by atoms with E-state index in [0.717, 1.165) is 0 Å². The smallest absolute Gasteiger partial charge is 0.419 e. The minimum atomic E-state index is -0.473. The number of carbonyl (C=O) groups is 1. The molecule has 0 unspecified atom stereocenters. The number of hydrogen-bond acceptors (Lipinski definition) is 5. The van der Waals surface area contributed by atoms with Crippen molar-refractivity contribution in [3.05, 3.63) is 52.5 Å². The van der Waals surface area contributed by atoms with Crippen LogP contribution in [0.25, 0.3) is 11.1 Å². The quantitative estimate of drug-likeness (QED) is 0.795. The number of nitrogens with one attached hydrogen (secondary N) is 1. The van der Waals surface area contributed by atoms with Crippen molar-refractivity contribution in [2.24, 2.45) is 7.05 Å².